The molecule has 15 heteroatoms. The van der Waals surface area contributed by atoms with Crippen molar-refractivity contribution in [3.63, 3.8) is 0 Å². The number of nitrogens with two attached hydrogens (primary N) is 3. The maximum absolute atomic E-state index is 14.6. The fraction of sp³-hybridized carbons (Fsp3) is 0.429. The number of carbonyl (C=O) groups is 5. The third kappa shape index (κ3) is 11.8. The van der Waals surface area contributed by atoms with Crippen LogP contribution in [0.3, 0.4) is 0 Å². The maximum Gasteiger partial charge on any atom is 0.228 e. The second-order valence-electron chi connectivity index (χ2n) is 17.3. The lowest BCUT2D eigenvalue weighted by Gasteiger charge is -2.32. The summed E-state index contributed by atoms with van der Waals surface area (Å²) < 4.78 is 12.2. The molecule has 1 aliphatic rings. The molecule has 0 saturated carbocycles. The number of hydrogen-bond donors (Lipinski definition) is 4. The van der Waals surface area contributed by atoms with Crippen molar-refractivity contribution in [3.05, 3.63) is 94.8 Å². The maximum atomic E-state index is 14.6. The Morgan fingerprint density at radius 1 is 0.938 bits per heavy atom. The number of aryl methyl sites for hydroxylation is 1. The molecule has 64 heavy (non-hydrogen) atoms. The lowest BCUT2D eigenvalue weighted by atomic mass is 9.86. The molecular weight excluding hydrogens is 813 g/mol. The number of fused-ring (bicyclic) bond motifs is 5. The van der Waals surface area contributed by atoms with Crippen molar-refractivity contribution in [2.24, 2.45) is 29.0 Å². The van der Waals surface area contributed by atoms with Crippen molar-refractivity contribution in [1.82, 2.24) is 20.2 Å². The van der Waals surface area contributed by atoms with Gasteiger partial charge in [0.15, 0.2) is 23.2 Å². The van der Waals surface area contributed by atoms with Gasteiger partial charge in [0.2, 0.25) is 11.8 Å². The Labute approximate surface area is 375 Å². The molecule has 4 bridgehead atoms. The number of amides is 2. The Morgan fingerprint density at radius 2 is 1.58 bits per heavy atom. The summed E-state index contributed by atoms with van der Waals surface area (Å²) in [5.41, 5.74) is 22.6. The Bertz CT molecular complexity index is 2390. The van der Waals surface area contributed by atoms with Crippen LogP contribution in [0.25, 0.3) is 22.5 Å². The van der Waals surface area contributed by atoms with Crippen LogP contribution in [0.4, 0.5) is 0 Å². The summed E-state index contributed by atoms with van der Waals surface area (Å²) in [7, 11) is 1.47. The fourth-order valence-corrected chi connectivity index (χ4v) is 7.73. The minimum Gasteiger partial charge on any atom is -0.492 e. The minimum atomic E-state index is -1.25. The van der Waals surface area contributed by atoms with Crippen LogP contribution in [0.1, 0.15) is 92.2 Å². The van der Waals surface area contributed by atoms with E-state index in [1.54, 1.807) is 44.2 Å². The van der Waals surface area contributed by atoms with Crippen molar-refractivity contribution in [2.75, 3.05) is 39.9 Å². The zero-order valence-electron chi connectivity index (χ0n) is 37.6. The quantitative estimate of drug-likeness (QED) is 0.109. The fourth-order valence-electron chi connectivity index (χ4n) is 7.73. The summed E-state index contributed by atoms with van der Waals surface area (Å²) in [5.74, 6) is -2.97. The molecule has 338 valence electrons. The van der Waals surface area contributed by atoms with Crippen LogP contribution in [0.2, 0.25) is 0 Å². The van der Waals surface area contributed by atoms with Crippen LogP contribution in [0, 0.1) is 30.1 Å². The van der Waals surface area contributed by atoms with Gasteiger partial charge in [-0.2, -0.15) is 5.26 Å². The van der Waals surface area contributed by atoms with Crippen LogP contribution in [0.5, 0.6) is 11.5 Å². The summed E-state index contributed by atoms with van der Waals surface area (Å²) in [4.78, 5) is 80.7. The van der Waals surface area contributed by atoms with E-state index in [0.717, 1.165) is 11.1 Å². The molecule has 2 amide bonds. The van der Waals surface area contributed by atoms with E-state index in [1.807, 2.05) is 36.4 Å². The van der Waals surface area contributed by atoms with Crippen molar-refractivity contribution in [3.8, 4) is 40.1 Å². The smallest absolute Gasteiger partial charge is 0.228 e. The molecule has 15 nitrogen and oxygen atoms in total. The Morgan fingerprint density at radius 3 is 2.17 bits per heavy atom. The summed E-state index contributed by atoms with van der Waals surface area (Å²) in [5, 5.41) is 12.0. The second-order valence-corrected chi connectivity index (χ2v) is 17.3. The molecule has 4 atom stereocenters. The zero-order valence-corrected chi connectivity index (χ0v) is 37.6. The van der Waals surface area contributed by atoms with E-state index in [9.17, 15) is 29.2 Å². The molecule has 2 heterocycles. The van der Waals surface area contributed by atoms with Crippen LogP contribution in [-0.4, -0.2) is 90.0 Å². The van der Waals surface area contributed by atoms with Gasteiger partial charge in [0.05, 0.1) is 29.3 Å². The van der Waals surface area contributed by atoms with Crippen molar-refractivity contribution >= 4 is 29.2 Å². The van der Waals surface area contributed by atoms with Crippen molar-refractivity contribution < 1.29 is 33.4 Å². The number of aromatic nitrogens is 2. The number of nitriles is 1. The van der Waals surface area contributed by atoms with E-state index in [4.69, 9.17) is 26.7 Å². The van der Waals surface area contributed by atoms with Gasteiger partial charge < -0.3 is 36.9 Å². The molecule has 0 saturated heterocycles. The molecule has 0 fully saturated rings. The SMILES string of the molecule is Cc1nc(-c2ccc(C(C)(C)C)cc2)ncc1C(=O)C[C@@H](CN)C(=O)N(C)[C@@H]1C(=O)C[C@@H](C)C(=O)N[C@H](C(=O)CCC#N)Cc2ccc(OCCN)c(c2)-c2cc1ccc2OCCN. The normalized spacial score (nSPS) is 17.0. The van der Waals surface area contributed by atoms with Crippen molar-refractivity contribution in [1.29, 1.82) is 5.26 Å². The van der Waals surface area contributed by atoms with E-state index in [1.165, 1.54) is 18.1 Å². The summed E-state index contributed by atoms with van der Waals surface area (Å²) >= 11 is 0. The molecule has 4 aromatic rings. The van der Waals surface area contributed by atoms with Gasteiger partial charge in [0.25, 0.3) is 0 Å². The summed E-state index contributed by atoms with van der Waals surface area (Å²) in [6.07, 6.45) is 0.858. The average Bonchev–Trinajstić information content (AvgIpc) is 3.27. The number of ketones is 3. The molecule has 5 rings (SSSR count). The summed E-state index contributed by atoms with van der Waals surface area (Å²) in [6, 6.07) is 18.1. The number of likely N-dealkylation sites (N-methyl/N-ethyl adjacent to an activating group) is 1. The highest BCUT2D eigenvalue weighted by atomic mass is 16.5. The Hall–Kier alpha value is -6.34. The van der Waals surface area contributed by atoms with Crippen LogP contribution in [0.15, 0.2) is 66.9 Å². The minimum absolute atomic E-state index is 0.0269. The van der Waals surface area contributed by atoms with Gasteiger partial charge in [0, 0.05) is 81.2 Å². The van der Waals surface area contributed by atoms with E-state index < -0.39 is 41.5 Å². The van der Waals surface area contributed by atoms with Gasteiger partial charge in [-0.3, -0.25) is 24.0 Å². The molecule has 1 aliphatic heterocycles. The van der Waals surface area contributed by atoms with Crippen molar-refractivity contribution in [2.45, 2.75) is 84.2 Å². The first-order valence-corrected chi connectivity index (χ1v) is 21.6. The Balaban J connectivity index is 1.54. The molecular formula is C49H60N8O7. The largest absolute Gasteiger partial charge is 0.492 e. The third-order valence-electron chi connectivity index (χ3n) is 11.4. The number of rotatable bonds is 16. The molecule has 0 aliphatic carbocycles. The molecule has 7 N–H and O–H groups in total. The number of ether oxygens (including phenoxy) is 2. The van der Waals surface area contributed by atoms with E-state index >= 15 is 0 Å². The highest BCUT2D eigenvalue weighted by molar-refractivity contribution is 6.00. The number of carbonyl (C=O) groups excluding carboxylic acids is 5. The Kier molecular flexibility index (Phi) is 16.6. The molecule has 3 aromatic carbocycles. The standard InChI is InChI=1S/C49H60N8O7/c1-29-22-42(60)45(57(6)48(62)34(27-53)26-41(59)38-28-54-46(55-30(38)2)32-10-13-35(14-11-32)49(3,4)5)33-12-16-44(64-21-19-52)37(25-33)36-23-31(9-15-43(36)63-20-18-51)24-39(56-47(29)61)40(58)8-7-17-50/h9-16,23,25,28-29,34,39,45H,7-8,18-22,24,26-27,51-53H2,1-6H3,(H,56,61)/t29-,34+,39+,45+/m1/s1. The van der Waals surface area contributed by atoms with Gasteiger partial charge in [-0.1, -0.05) is 64.1 Å². The van der Waals surface area contributed by atoms with Crippen LogP contribution < -0.4 is 32.0 Å². The predicted molar refractivity (Wildman–Crippen MR) is 243 cm³/mol. The lowest BCUT2D eigenvalue weighted by Crippen LogP contribution is -2.46. The third-order valence-corrected chi connectivity index (χ3v) is 11.4. The average molecular weight is 873 g/mol. The van der Waals surface area contributed by atoms with Gasteiger partial charge in [0.1, 0.15) is 30.8 Å². The number of benzene rings is 3. The van der Waals surface area contributed by atoms with Gasteiger partial charge >= 0.3 is 0 Å². The molecule has 0 radical (unpaired) electrons. The van der Waals surface area contributed by atoms with Gasteiger partial charge in [-0.25, -0.2) is 9.97 Å². The topological polar surface area (TPSA) is 247 Å². The monoisotopic (exact) mass is 872 g/mol. The molecule has 0 spiro atoms. The molecule has 0 unspecified atom stereocenters. The first kappa shape index (κ1) is 48.7. The lowest BCUT2D eigenvalue weighted by molar-refractivity contribution is -0.142. The first-order valence-electron chi connectivity index (χ1n) is 21.6. The van der Waals surface area contributed by atoms with E-state index in [2.05, 4.69) is 36.1 Å². The number of nitrogens with zero attached hydrogens (tertiary/aromatic N) is 4. The number of hydrogen-bond acceptors (Lipinski definition) is 13. The zero-order chi connectivity index (χ0) is 46.7. The van der Waals surface area contributed by atoms with Gasteiger partial charge in [-0.15, -0.1) is 0 Å². The molecule has 1 aromatic heterocycles. The van der Waals surface area contributed by atoms with Crippen LogP contribution >= 0.6 is 0 Å². The van der Waals surface area contributed by atoms with Crippen LogP contribution in [-0.2, 0) is 31.0 Å². The highest BCUT2D eigenvalue weighted by Crippen LogP contribution is 2.41. The van der Waals surface area contributed by atoms with E-state index in [0.29, 0.717) is 45.3 Å². The predicted octanol–water partition coefficient (Wildman–Crippen LogP) is 4.95. The highest BCUT2D eigenvalue weighted by Gasteiger charge is 2.36. The number of nitrogens with one attached hydrogen (secondary N) is 1. The second kappa shape index (κ2) is 21.8. The first-order chi connectivity index (χ1) is 30.5. The number of Topliss-reactive ketones (excluding diaryl/α,β-unsaturated/α-hetero) is 3. The van der Waals surface area contributed by atoms with Gasteiger partial charge in [-0.05, 0) is 59.7 Å². The summed E-state index contributed by atoms with van der Waals surface area (Å²) in [6.45, 7) is 10.2. The van der Waals surface area contributed by atoms with E-state index in [-0.39, 0.29) is 87.5 Å².